The summed E-state index contributed by atoms with van der Waals surface area (Å²) in [5.41, 5.74) is 15.6. The summed E-state index contributed by atoms with van der Waals surface area (Å²) in [6.45, 7) is 2.13. The number of nitrogens with two attached hydrogens (primary N) is 2. The number of halogens is 1. The summed E-state index contributed by atoms with van der Waals surface area (Å²) < 4.78 is 16.6. The Labute approximate surface area is 226 Å². The van der Waals surface area contributed by atoms with Gasteiger partial charge in [0.25, 0.3) is 5.91 Å². The molecule has 1 fully saturated rings. The van der Waals surface area contributed by atoms with Crippen LogP contribution in [0.4, 0.5) is 10.1 Å². The Kier molecular flexibility index (Phi) is 7.24. The molecule has 0 spiro atoms. The van der Waals surface area contributed by atoms with Gasteiger partial charge in [0.2, 0.25) is 0 Å². The molecule has 1 aliphatic rings. The molecule has 2 aromatic carbocycles. The second-order valence-electron chi connectivity index (χ2n) is 10.1. The molecule has 4 aromatic rings. The SMILES string of the molecule is Cc1cc(C(=O)Nc2cc(C(N)(CCC3CC3)c3cccc(C#N)n3)ccc2F)n(-c2cccc(CN)c2)n1. The molecule has 1 aliphatic carbocycles. The summed E-state index contributed by atoms with van der Waals surface area (Å²) >= 11 is 0. The molecule has 0 bridgehead atoms. The standard InChI is InChI=1S/C30H30FN7O/c1-19-14-27(38(37-19)24-6-2-4-21(15-24)17-32)29(39)36-26-16-22(10-11-25(26)31)30(34,13-12-20-8-9-20)28-7-3-5-23(18-33)35-28/h2-7,10-11,14-16,20H,8-9,12-13,17,32,34H2,1H3,(H,36,39). The molecule has 39 heavy (non-hydrogen) atoms. The molecule has 2 aromatic heterocycles. The average Bonchev–Trinajstić information content (AvgIpc) is 3.71. The number of carbonyl (C=O) groups excluding carboxylic acids is 1. The molecule has 9 heteroatoms. The first-order valence-electron chi connectivity index (χ1n) is 12.9. The average molecular weight is 524 g/mol. The van der Waals surface area contributed by atoms with Gasteiger partial charge in [0, 0.05) is 6.54 Å². The molecule has 1 saturated carbocycles. The van der Waals surface area contributed by atoms with Crippen LogP contribution in [0.1, 0.15) is 64.4 Å². The Balaban J connectivity index is 1.49. The van der Waals surface area contributed by atoms with Gasteiger partial charge in [-0.2, -0.15) is 10.4 Å². The van der Waals surface area contributed by atoms with E-state index in [-0.39, 0.29) is 17.1 Å². The van der Waals surface area contributed by atoms with Gasteiger partial charge in [-0.3, -0.25) is 4.79 Å². The smallest absolute Gasteiger partial charge is 0.274 e. The third kappa shape index (κ3) is 5.58. The molecule has 1 amide bonds. The van der Waals surface area contributed by atoms with Gasteiger partial charge in [0.05, 0.1) is 28.3 Å². The summed E-state index contributed by atoms with van der Waals surface area (Å²) in [6.07, 6.45) is 3.78. The molecule has 0 aliphatic heterocycles. The van der Waals surface area contributed by atoms with E-state index in [2.05, 4.69) is 21.5 Å². The number of aryl methyl sites for hydroxylation is 1. The quantitative estimate of drug-likeness (QED) is 0.291. The summed E-state index contributed by atoms with van der Waals surface area (Å²) in [6, 6.07) is 20.8. The number of nitriles is 1. The van der Waals surface area contributed by atoms with E-state index >= 15 is 4.39 Å². The highest BCUT2D eigenvalue weighted by Gasteiger charge is 2.35. The lowest BCUT2D eigenvalue weighted by atomic mass is 9.82. The molecule has 1 atom stereocenters. The predicted molar refractivity (Wildman–Crippen MR) is 146 cm³/mol. The predicted octanol–water partition coefficient (Wildman–Crippen LogP) is 4.69. The number of aromatic nitrogens is 3. The van der Waals surface area contributed by atoms with Gasteiger partial charge in [-0.15, -0.1) is 0 Å². The number of benzene rings is 2. The van der Waals surface area contributed by atoms with Crippen LogP contribution in [-0.4, -0.2) is 20.7 Å². The molecule has 0 saturated heterocycles. The Hall–Kier alpha value is -4.39. The second kappa shape index (κ2) is 10.8. The van der Waals surface area contributed by atoms with Crippen molar-refractivity contribution in [2.75, 3.05) is 5.32 Å². The zero-order chi connectivity index (χ0) is 27.6. The molecule has 5 N–H and O–H groups in total. The maximum Gasteiger partial charge on any atom is 0.274 e. The van der Waals surface area contributed by atoms with Crippen LogP contribution in [0.2, 0.25) is 0 Å². The fourth-order valence-electron chi connectivity index (χ4n) is 4.76. The molecular formula is C30H30FN7O. The Bertz CT molecular complexity index is 1570. The van der Waals surface area contributed by atoms with Crippen molar-refractivity contribution in [3.63, 3.8) is 0 Å². The maximum atomic E-state index is 15.1. The molecular weight excluding hydrogens is 493 g/mol. The highest BCUT2D eigenvalue weighted by Crippen LogP contribution is 2.40. The van der Waals surface area contributed by atoms with Crippen LogP contribution in [0.25, 0.3) is 5.69 Å². The topological polar surface area (TPSA) is 136 Å². The first-order chi connectivity index (χ1) is 18.8. The number of carbonyl (C=O) groups is 1. The lowest BCUT2D eigenvalue weighted by molar-refractivity contribution is 0.101. The van der Waals surface area contributed by atoms with Crippen molar-refractivity contribution in [3.05, 3.63) is 106 Å². The van der Waals surface area contributed by atoms with Crippen molar-refractivity contribution in [1.82, 2.24) is 14.8 Å². The third-order valence-corrected chi connectivity index (χ3v) is 7.15. The van der Waals surface area contributed by atoms with Gasteiger partial charge < -0.3 is 16.8 Å². The van der Waals surface area contributed by atoms with E-state index in [4.69, 9.17) is 11.5 Å². The van der Waals surface area contributed by atoms with Gasteiger partial charge in [0.15, 0.2) is 0 Å². The van der Waals surface area contributed by atoms with E-state index < -0.39 is 17.3 Å². The lowest BCUT2D eigenvalue weighted by Gasteiger charge is -2.30. The molecule has 198 valence electrons. The number of nitrogens with one attached hydrogen (secondary N) is 1. The summed E-state index contributed by atoms with van der Waals surface area (Å²) in [5, 5.41) is 16.6. The monoisotopic (exact) mass is 523 g/mol. The van der Waals surface area contributed by atoms with Crippen molar-refractivity contribution >= 4 is 11.6 Å². The Morgan fingerprint density at radius 1 is 1.18 bits per heavy atom. The van der Waals surface area contributed by atoms with Crippen LogP contribution in [0.3, 0.4) is 0 Å². The fraction of sp³-hybridized carbons (Fsp3) is 0.267. The van der Waals surface area contributed by atoms with Crippen LogP contribution >= 0.6 is 0 Å². The number of anilines is 1. The van der Waals surface area contributed by atoms with E-state index in [0.29, 0.717) is 41.5 Å². The largest absolute Gasteiger partial charge is 0.326 e. The highest BCUT2D eigenvalue weighted by atomic mass is 19.1. The molecule has 1 unspecified atom stereocenters. The van der Waals surface area contributed by atoms with Crippen molar-refractivity contribution < 1.29 is 9.18 Å². The first-order valence-corrected chi connectivity index (χ1v) is 12.9. The van der Waals surface area contributed by atoms with Gasteiger partial charge in [-0.05, 0) is 79.3 Å². The number of hydrogen-bond acceptors (Lipinski definition) is 6. The lowest BCUT2D eigenvalue weighted by Crippen LogP contribution is -2.39. The van der Waals surface area contributed by atoms with Crippen LogP contribution in [0, 0.1) is 30.0 Å². The third-order valence-electron chi connectivity index (χ3n) is 7.15. The zero-order valence-electron chi connectivity index (χ0n) is 21.7. The minimum Gasteiger partial charge on any atom is -0.326 e. The Morgan fingerprint density at radius 3 is 2.72 bits per heavy atom. The molecule has 2 heterocycles. The van der Waals surface area contributed by atoms with Crippen LogP contribution in [0.5, 0.6) is 0 Å². The number of hydrogen-bond donors (Lipinski definition) is 3. The van der Waals surface area contributed by atoms with Gasteiger partial charge in [0.1, 0.15) is 23.3 Å². The molecule has 8 nitrogen and oxygen atoms in total. The van der Waals surface area contributed by atoms with Crippen molar-refractivity contribution in [3.8, 4) is 11.8 Å². The fourth-order valence-corrected chi connectivity index (χ4v) is 4.76. The van der Waals surface area contributed by atoms with Gasteiger partial charge in [-0.1, -0.05) is 37.1 Å². The number of nitrogens with zero attached hydrogens (tertiary/aromatic N) is 4. The van der Waals surface area contributed by atoms with Gasteiger partial charge >= 0.3 is 0 Å². The van der Waals surface area contributed by atoms with Crippen LogP contribution in [-0.2, 0) is 12.1 Å². The van der Waals surface area contributed by atoms with E-state index in [9.17, 15) is 10.1 Å². The molecule has 5 rings (SSSR count). The van der Waals surface area contributed by atoms with E-state index in [1.807, 2.05) is 24.3 Å². The van der Waals surface area contributed by atoms with Crippen LogP contribution in [0.15, 0.2) is 66.7 Å². The summed E-state index contributed by atoms with van der Waals surface area (Å²) in [4.78, 5) is 17.9. The van der Waals surface area contributed by atoms with E-state index in [1.54, 1.807) is 43.3 Å². The zero-order valence-corrected chi connectivity index (χ0v) is 21.7. The minimum atomic E-state index is -1.07. The maximum absolute atomic E-state index is 15.1. The van der Waals surface area contributed by atoms with E-state index in [0.717, 1.165) is 24.8 Å². The minimum absolute atomic E-state index is 0.00343. The normalized spacial score (nSPS) is 14.4. The van der Waals surface area contributed by atoms with Crippen molar-refractivity contribution in [2.24, 2.45) is 17.4 Å². The summed E-state index contributed by atoms with van der Waals surface area (Å²) in [5.74, 6) is -0.508. The van der Waals surface area contributed by atoms with Crippen molar-refractivity contribution in [2.45, 2.75) is 44.7 Å². The number of pyridine rings is 1. The summed E-state index contributed by atoms with van der Waals surface area (Å²) in [7, 11) is 0. The van der Waals surface area contributed by atoms with Crippen molar-refractivity contribution in [1.29, 1.82) is 5.26 Å². The highest BCUT2D eigenvalue weighted by molar-refractivity contribution is 6.03. The Morgan fingerprint density at radius 2 is 1.97 bits per heavy atom. The first kappa shape index (κ1) is 26.2. The van der Waals surface area contributed by atoms with Crippen LogP contribution < -0.4 is 16.8 Å². The molecule has 0 radical (unpaired) electrons. The number of rotatable bonds is 9. The second-order valence-corrected chi connectivity index (χ2v) is 10.1. The number of amides is 1. The van der Waals surface area contributed by atoms with E-state index in [1.165, 1.54) is 10.7 Å². The van der Waals surface area contributed by atoms with Gasteiger partial charge in [-0.25, -0.2) is 14.1 Å².